The summed E-state index contributed by atoms with van der Waals surface area (Å²) < 4.78 is 19.2. The molecule has 1 atom stereocenters. The van der Waals surface area contributed by atoms with Gasteiger partial charge in [-0.25, -0.2) is 4.21 Å². The molecular weight excluding hydrogens is 171 g/mol. The Morgan fingerprint density at radius 2 is 2.00 bits per heavy atom. The van der Waals surface area contributed by atoms with Crippen LogP contribution in [0.15, 0.2) is 29.2 Å². The Morgan fingerprint density at radius 1 is 1.45 bits per heavy atom. The zero-order valence-electron chi connectivity index (χ0n) is 7.57. The number of benzene rings is 1. The van der Waals surface area contributed by atoms with Gasteiger partial charge in [0.25, 0.3) is 0 Å². The van der Waals surface area contributed by atoms with Crippen molar-refractivity contribution in [2.24, 2.45) is 0 Å². The van der Waals surface area contributed by atoms with Gasteiger partial charge in [0.1, 0.15) is 0 Å². The van der Waals surface area contributed by atoms with Gasteiger partial charge in [0.05, 0.1) is 4.90 Å². The summed E-state index contributed by atoms with van der Waals surface area (Å²) in [4.78, 5) is 0.488. The third kappa shape index (κ3) is 3.05. The molecule has 1 aromatic carbocycles. The molecule has 1 aromatic rings. The van der Waals surface area contributed by atoms with Crippen molar-refractivity contribution < 1.29 is 39.7 Å². The second-order valence-electron chi connectivity index (χ2n) is 2.01. The summed E-state index contributed by atoms with van der Waals surface area (Å²) in [5, 5.41) is 0. The minimum absolute atomic E-state index is 0. The third-order valence-electron chi connectivity index (χ3n) is 1.28. The maximum absolute atomic E-state index is 10.5. The minimum atomic E-state index is -1.84. The van der Waals surface area contributed by atoms with Crippen LogP contribution in [0.4, 0.5) is 0 Å². The predicted octanol–water partition coefficient (Wildman–Crippen LogP) is -1.31. The van der Waals surface area contributed by atoms with Crippen LogP contribution < -0.4 is 29.6 Å². The molecule has 0 amide bonds. The molecule has 1 rings (SSSR count). The normalized spacial score (nSPS) is 11.8. The Hall–Kier alpha value is 0.330. The molecule has 1 unspecified atom stereocenters. The molecule has 0 radical (unpaired) electrons. The zero-order chi connectivity index (χ0) is 7.56. The van der Waals surface area contributed by atoms with E-state index in [1.165, 1.54) is 0 Å². The molecule has 56 valence electrons. The Labute approximate surface area is 92.1 Å². The standard InChI is InChI=1S/C7H8O2S.Na.H/c1-6-4-2-3-5-7(6)10(8)9;;/h2-5H,1H3,(H,8,9);;/q;+1;-1. The van der Waals surface area contributed by atoms with Crippen LogP contribution in [-0.2, 0) is 11.1 Å². The van der Waals surface area contributed by atoms with Gasteiger partial charge in [0.2, 0.25) is 0 Å². The van der Waals surface area contributed by atoms with Gasteiger partial charge in [-0.2, -0.15) is 0 Å². The Bertz CT molecular complexity index is 267. The first-order valence-electron chi connectivity index (χ1n) is 2.88. The van der Waals surface area contributed by atoms with Gasteiger partial charge in [-0.1, -0.05) is 18.2 Å². The van der Waals surface area contributed by atoms with Crippen LogP contribution >= 0.6 is 0 Å². The van der Waals surface area contributed by atoms with E-state index in [9.17, 15) is 4.21 Å². The second-order valence-corrected chi connectivity index (χ2v) is 2.95. The van der Waals surface area contributed by atoms with E-state index in [4.69, 9.17) is 4.55 Å². The van der Waals surface area contributed by atoms with E-state index in [-0.39, 0.29) is 31.0 Å². The molecule has 0 aliphatic carbocycles. The number of rotatable bonds is 1. The van der Waals surface area contributed by atoms with Crippen molar-refractivity contribution in [1.82, 2.24) is 0 Å². The topological polar surface area (TPSA) is 37.3 Å². The van der Waals surface area contributed by atoms with Crippen molar-refractivity contribution in [3.05, 3.63) is 29.8 Å². The molecule has 0 aliphatic heterocycles. The van der Waals surface area contributed by atoms with Crippen molar-refractivity contribution in [3.63, 3.8) is 0 Å². The Morgan fingerprint density at radius 3 is 2.36 bits per heavy atom. The van der Waals surface area contributed by atoms with E-state index >= 15 is 0 Å². The van der Waals surface area contributed by atoms with Crippen LogP contribution in [0.5, 0.6) is 0 Å². The van der Waals surface area contributed by atoms with Crippen LogP contribution in [0.2, 0.25) is 0 Å². The van der Waals surface area contributed by atoms with E-state index < -0.39 is 11.1 Å². The van der Waals surface area contributed by atoms with Crippen molar-refractivity contribution in [3.8, 4) is 0 Å². The molecule has 0 saturated carbocycles. The molecular formula is C7H9NaO2S. The van der Waals surface area contributed by atoms with Gasteiger partial charge in [-0.05, 0) is 18.6 Å². The number of hydrogen-bond donors (Lipinski definition) is 1. The van der Waals surface area contributed by atoms with Crippen molar-refractivity contribution >= 4 is 11.1 Å². The molecule has 0 aliphatic rings. The quantitative estimate of drug-likeness (QED) is 0.430. The van der Waals surface area contributed by atoms with E-state index in [0.717, 1.165) is 5.56 Å². The van der Waals surface area contributed by atoms with Crippen LogP contribution in [0, 0.1) is 6.92 Å². The van der Waals surface area contributed by atoms with E-state index in [1.807, 2.05) is 19.1 Å². The van der Waals surface area contributed by atoms with Crippen LogP contribution in [-0.4, -0.2) is 8.76 Å². The minimum Gasteiger partial charge on any atom is -1.00 e. The molecule has 0 fully saturated rings. The monoisotopic (exact) mass is 180 g/mol. The van der Waals surface area contributed by atoms with Crippen LogP contribution in [0.25, 0.3) is 0 Å². The molecule has 0 heterocycles. The molecule has 4 heteroatoms. The van der Waals surface area contributed by atoms with Gasteiger partial charge in [0.15, 0.2) is 11.1 Å². The van der Waals surface area contributed by atoms with Gasteiger partial charge in [0, 0.05) is 0 Å². The van der Waals surface area contributed by atoms with Crippen molar-refractivity contribution in [2.45, 2.75) is 11.8 Å². The first-order chi connectivity index (χ1) is 4.72. The largest absolute Gasteiger partial charge is 1.00 e. The first kappa shape index (κ1) is 11.3. The van der Waals surface area contributed by atoms with Gasteiger partial charge in [-0.15, -0.1) is 0 Å². The predicted molar refractivity (Wildman–Crippen MR) is 41.3 cm³/mol. The van der Waals surface area contributed by atoms with E-state index in [0.29, 0.717) is 4.90 Å². The van der Waals surface area contributed by atoms with Crippen LogP contribution in [0.1, 0.15) is 6.99 Å². The summed E-state index contributed by atoms with van der Waals surface area (Å²) in [6.07, 6.45) is 0. The van der Waals surface area contributed by atoms with Crippen molar-refractivity contribution in [1.29, 1.82) is 0 Å². The van der Waals surface area contributed by atoms with Gasteiger partial charge in [-0.3, -0.25) is 0 Å². The fourth-order valence-corrected chi connectivity index (χ4v) is 1.29. The van der Waals surface area contributed by atoms with E-state index in [2.05, 4.69) is 0 Å². The maximum Gasteiger partial charge on any atom is 1.00 e. The van der Waals surface area contributed by atoms with Gasteiger partial charge >= 0.3 is 29.6 Å². The molecule has 0 bridgehead atoms. The van der Waals surface area contributed by atoms with Crippen molar-refractivity contribution in [2.75, 3.05) is 0 Å². The summed E-state index contributed by atoms with van der Waals surface area (Å²) in [6.45, 7) is 1.81. The zero-order valence-corrected chi connectivity index (χ0v) is 9.39. The Balaban J connectivity index is 0. The average Bonchev–Trinajstić information content (AvgIpc) is 1.88. The average molecular weight is 180 g/mol. The SMILES string of the molecule is Cc1ccccc1S(=O)O.[H-].[Na+]. The third-order valence-corrected chi connectivity index (χ3v) is 2.12. The smallest absolute Gasteiger partial charge is 1.00 e. The summed E-state index contributed by atoms with van der Waals surface area (Å²) in [6, 6.07) is 7.04. The van der Waals surface area contributed by atoms with Gasteiger partial charge < -0.3 is 5.98 Å². The molecule has 0 spiro atoms. The molecule has 0 saturated heterocycles. The molecule has 1 N–H and O–H groups in total. The fourth-order valence-electron chi connectivity index (χ4n) is 0.752. The summed E-state index contributed by atoms with van der Waals surface area (Å²) in [7, 11) is 0. The fraction of sp³-hybridized carbons (Fsp3) is 0.143. The summed E-state index contributed by atoms with van der Waals surface area (Å²) in [5.74, 6) is 0. The second kappa shape index (κ2) is 5.06. The molecule has 0 aromatic heterocycles. The van der Waals surface area contributed by atoms with E-state index in [1.54, 1.807) is 12.1 Å². The summed E-state index contributed by atoms with van der Waals surface area (Å²) in [5.41, 5.74) is 0.850. The number of hydrogen-bond acceptors (Lipinski definition) is 1. The number of aryl methyl sites for hydroxylation is 1. The summed E-state index contributed by atoms with van der Waals surface area (Å²) >= 11 is -1.84. The van der Waals surface area contributed by atoms with Crippen LogP contribution in [0.3, 0.4) is 0 Å². The molecule has 2 nitrogen and oxygen atoms in total. The maximum atomic E-state index is 10.5. The Kier molecular flexibility index (Phi) is 5.21. The first-order valence-corrected chi connectivity index (χ1v) is 3.99. The molecule has 11 heavy (non-hydrogen) atoms.